The first-order valence-electron chi connectivity index (χ1n) is 5.68. The lowest BCUT2D eigenvalue weighted by Crippen LogP contribution is -2.18. The van der Waals surface area contributed by atoms with Crippen molar-refractivity contribution in [3.63, 3.8) is 0 Å². The van der Waals surface area contributed by atoms with Crippen molar-refractivity contribution in [2.24, 2.45) is 0 Å². The van der Waals surface area contributed by atoms with E-state index in [4.69, 9.17) is 19.6 Å². The number of amidine groups is 1. The highest BCUT2D eigenvalue weighted by Gasteiger charge is 2.22. The summed E-state index contributed by atoms with van der Waals surface area (Å²) in [4.78, 5) is 12.0. The van der Waals surface area contributed by atoms with Crippen LogP contribution < -0.4 is 19.5 Å². The number of carbonyl (C=O) groups excluding carboxylic acids is 1. The maximum atomic E-state index is 11.6. The van der Waals surface area contributed by atoms with Gasteiger partial charge < -0.3 is 19.5 Å². The van der Waals surface area contributed by atoms with Gasteiger partial charge in [-0.05, 0) is 35.5 Å². The Balaban J connectivity index is 2.45. The Morgan fingerprint density at radius 2 is 1.75 bits per heavy atom. The van der Waals surface area contributed by atoms with E-state index in [1.165, 1.54) is 21.3 Å². The van der Waals surface area contributed by atoms with E-state index in [0.717, 1.165) is 17.3 Å². The minimum atomic E-state index is -0.284. The van der Waals surface area contributed by atoms with Gasteiger partial charge in [-0.15, -0.1) is 0 Å². The third kappa shape index (κ3) is 2.72. The van der Waals surface area contributed by atoms with Crippen LogP contribution in [-0.2, 0) is 4.79 Å². The summed E-state index contributed by atoms with van der Waals surface area (Å²) in [5.74, 6) is 1.23. The lowest BCUT2D eigenvalue weighted by Gasteiger charge is -2.12. The summed E-state index contributed by atoms with van der Waals surface area (Å²) in [5.41, 5.74) is 0.729. The Labute approximate surface area is 120 Å². The quantitative estimate of drug-likeness (QED) is 0.828. The van der Waals surface area contributed by atoms with Crippen LogP contribution in [0.1, 0.15) is 5.56 Å². The molecule has 6 nitrogen and oxygen atoms in total. The molecule has 106 valence electrons. The monoisotopic (exact) mass is 294 g/mol. The molecule has 1 amide bonds. The molecule has 1 fully saturated rings. The number of methoxy groups -OCH3 is 3. The molecule has 1 heterocycles. The van der Waals surface area contributed by atoms with E-state index >= 15 is 0 Å². The first-order chi connectivity index (χ1) is 9.58. The second kappa shape index (κ2) is 5.87. The summed E-state index contributed by atoms with van der Waals surface area (Å²) in [6.45, 7) is 0. The lowest BCUT2D eigenvalue weighted by atomic mass is 10.1. The van der Waals surface area contributed by atoms with E-state index < -0.39 is 0 Å². The van der Waals surface area contributed by atoms with Gasteiger partial charge in [0.05, 0.1) is 26.2 Å². The summed E-state index contributed by atoms with van der Waals surface area (Å²) < 4.78 is 15.7. The lowest BCUT2D eigenvalue weighted by molar-refractivity contribution is -0.115. The Kier molecular flexibility index (Phi) is 4.19. The highest BCUT2D eigenvalue weighted by Crippen LogP contribution is 2.39. The molecular weight excluding hydrogens is 280 g/mol. The average Bonchev–Trinajstić information content (AvgIpc) is 2.75. The summed E-state index contributed by atoms with van der Waals surface area (Å²) in [6, 6.07) is 3.48. The number of hydrogen-bond donors (Lipinski definition) is 2. The van der Waals surface area contributed by atoms with Crippen molar-refractivity contribution in [2.75, 3.05) is 21.3 Å². The molecule has 1 saturated heterocycles. The van der Waals surface area contributed by atoms with Gasteiger partial charge in [-0.2, -0.15) is 0 Å². The zero-order chi connectivity index (χ0) is 14.7. The van der Waals surface area contributed by atoms with E-state index in [9.17, 15) is 4.79 Å². The largest absolute Gasteiger partial charge is 0.493 e. The molecule has 2 N–H and O–H groups in total. The van der Waals surface area contributed by atoms with Crippen molar-refractivity contribution < 1.29 is 19.0 Å². The van der Waals surface area contributed by atoms with Crippen molar-refractivity contribution in [1.82, 2.24) is 5.32 Å². The minimum Gasteiger partial charge on any atom is -0.493 e. The van der Waals surface area contributed by atoms with Crippen molar-refractivity contribution >= 4 is 28.9 Å². The molecule has 1 aliphatic heterocycles. The molecule has 20 heavy (non-hydrogen) atoms. The molecule has 1 aliphatic rings. The Bertz CT molecular complexity index is 573. The Morgan fingerprint density at radius 1 is 1.15 bits per heavy atom. The summed E-state index contributed by atoms with van der Waals surface area (Å²) >= 11 is 1.08. The number of nitrogens with one attached hydrogen (secondary N) is 2. The number of ether oxygens (including phenoxy) is 3. The van der Waals surface area contributed by atoms with Crippen LogP contribution in [0.15, 0.2) is 17.0 Å². The number of hydrogen-bond acceptors (Lipinski definition) is 6. The molecule has 0 unspecified atom stereocenters. The summed E-state index contributed by atoms with van der Waals surface area (Å²) in [5, 5.41) is 9.95. The van der Waals surface area contributed by atoms with E-state index in [2.05, 4.69) is 5.32 Å². The highest BCUT2D eigenvalue weighted by molar-refractivity contribution is 8.18. The van der Waals surface area contributed by atoms with Gasteiger partial charge >= 0.3 is 0 Å². The van der Waals surface area contributed by atoms with Crippen LogP contribution in [0, 0.1) is 5.41 Å². The second-order valence-electron chi connectivity index (χ2n) is 3.85. The van der Waals surface area contributed by atoms with Crippen LogP contribution in [0.4, 0.5) is 0 Å². The van der Waals surface area contributed by atoms with Crippen molar-refractivity contribution in [2.45, 2.75) is 0 Å². The van der Waals surface area contributed by atoms with Crippen LogP contribution in [0.5, 0.6) is 17.2 Å². The van der Waals surface area contributed by atoms with Crippen LogP contribution >= 0.6 is 11.8 Å². The standard InChI is InChI=1S/C13H14N2O4S/c1-17-8-4-7(5-9(18-2)11(8)19-3)6-10-12(16)15-13(14)20-10/h4-6H,1-3H3,(H2,14,15,16)/b10-6-. The maximum Gasteiger partial charge on any atom is 0.264 e. The van der Waals surface area contributed by atoms with Gasteiger partial charge in [0.1, 0.15) is 0 Å². The fraction of sp³-hybridized carbons (Fsp3) is 0.231. The molecular formula is C13H14N2O4S. The Morgan fingerprint density at radius 3 is 2.15 bits per heavy atom. The molecule has 0 radical (unpaired) electrons. The second-order valence-corrected chi connectivity index (χ2v) is 4.90. The first kappa shape index (κ1) is 14.3. The zero-order valence-corrected chi connectivity index (χ0v) is 12.1. The number of benzene rings is 1. The van der Waals surface area contributed by atoms with Gasteiger partial charge in [0.15, 0.2) is 16.7 Å². The molecule has 7 heteroatoms. The first-order valence-corrected chi connectivity index (χ1v) is 6.50. The number of thioether (sulfide) groups is 1. The van der Waals surface area contributed by atoms with E-state index in [0.29, 0.717) is 22.2 Å². The van der Waals surface area contributed by atoms with Crippen LogP contribution in [0.2, 0.25) is 0 Å². The van der Waals surface area contributed by atoms with Crippen molar-refractivity contribution in [3.8, 4) is 17.2 Å². The van der Waals surface area contributed by atoms with E-state index in [-0.39, 0.29) is 11.1 Å². The molecule has 2 rings (SSSR count). The number of carbonyl (C=O) groups is 1. The van der Waals surface area contributed by atoms with Crippen LogP contribution in [0.3, 0.4) is 0 Å². The Hall–Kier alpha value is -2.15. The molecule has 1 aromatic rings. The third-order valence-corrected chi connectivity index (χ3v) is 3.48. The van der Waals surface area contributed by atoms with Crippen molar-refractivity contribution in [3.05, 3.63) is 22.6 Å². The molecule has 1 aromatic carbocycles. The fourth-order valence-corrected chi connectivity index (χ4v) is 2.48. The van der Waals surface area contributed by atoms with Crippen molar-refractivity contribution in [1.29, 1.82) is 5.41 Å². The smallest absolute Gasteiger partial charge is 0.264 e. The van der Waals surface area contributed by atoms with Gasteiger partial charge in [0.2, 0.25) is 5.75 Å². The topological polar surface area (TPSA) is 80.6 Å². The van der Waals surface area contributed by atoms with Crippen LogP contribution in [-0.4, -0.2) is 32.4 Å². The van der Waals surface area contributed by atoms with Gasteiger partial charge in [0.25, 0.3) is 5.91 Å². The molecule has 0 bridgehead atoms. The third-order valence-electron chi connectivity index (χ3n) is 2.65. The van der Waals surface area contributed by atoms with Gasteiger partial charge in [0, 0.05) is 0 Å². The zero-order valence-electron chi connectivity index (χ0n) is 11.3. The van der Waals surface area contributed by atoms with E-state index in [1.807, 2.05) is 0 Å². The molecule has 0 aliphatic carbocycles. The number of rotatable bonds is 4. The predicted octanol–water partition coefficient (Wildman–Crippen LogP) is 1.85. The predicted molar refractivity (Wildman–Crippen MR) is 77.5 cm³/mol. The average molecular weight is 294 g/mol. The molecule has 0 aromatic heterocycles. The summed E-state index contributed by atoms with van der Waals surface area (Å²) in [6.07, 6.45) is 1.67. The van der Waals surface area contributed by atoms with Gasteiger partial charge in [-0.1, -0.05) is 0 Å². The summed E-state index contributed by atoms with van der Waals surface area (Å²) in [7, 11) is 4.59. The van der Waals surface area contributed by atoms with Crippen LogP contribution in [0.25, 0.3) is 6.08 Å². The SMILES string of the molecule is COc1cc(/C=C2\SC(=N)NC2=O)cc(OC)c1OC. The molecule has 0 atom stereocenters. The maximum absolute atomic E-state index is 11.6. The molecule has 0 saturated carbocycles. The fourth-order valence-electron chi connectivity index (χ4n) is 1.78. The normalized spacial score (nSPS) is 16.2. The minimum absolute atomic E-state index is 0.119. The number of amides is 1. The van der Waals surface area contributed by atoms with E-state index in [1.54, 1.807) is 18.2 Å². The molecule has 0 spiro atoms. The van der Waals surface area contributed by atoms with Gasteiger partial charge in [-0.25, -0.2) is 0 Å². The highest BCUT2D eigenvalue weighted by atomic mass is 32.2. The van der Waals surface area contributed by atoms with Gasteiger partial charge in [-0.3, -0.25) is 10.2 Å².